The predicted octanol–water partition coefficient (Wildman–Crippen LogP) is 1.43. The van der Waals surface area contributed by atoms with Gasteiger partial charge >= 0.3 is 0 Å². The standard InChI is InChI=1S/C20H22N2O3/c1-3-25-17-11-7-10-16(12-17)22-19(23)13-18(20(22)24)21(2)14-15-8-5-4-6-9-15/h4-12,18H,3,13-14H2,1-2H3/p+1. The Hall–Kier alpha value is -2.66. The van der Waals surface area contributed by atoms with Crippen LogP contribution in [0.3, 0.4) is 0 Å². The second kappa shape index (κ2) is 7.49. The summed E-state index contributed by atoms with van der Waals surface area (Å²) >= 11 is 0. The number of hydrogen-bond donors (Lipinski definition) is 1. The highest BCUT2D eigenvalue weighted by atomic mass is 16.5. The number of nitrogens with one attached hydrogen (secondary N) is 1. The molecule has 0 saturated carbocycles. The number of rotatable bonds is 6. The average Bonchev–Trinajstić information content (AvgIpc) is 2.91. The Balaban J connectivity index is 1.77. The molecule has 5 heteroatoms. The van der Waals surface area contributed by atoms with Gasteiger partial charge in [-0.15, -0.1) is 0 Å². The first-order chi connectivity index (χ1) is 12.1. The largest absolute Gasteiger partial charge is 0.494 e. The maximum absolute atomic E-state index is 12.9. The molecule has 0 radical (unpaired) electrons. The normalized spacial score (nSPS) is 18.5. The van der Waals surface area contributed by atoms with Crippen molar-refractivity contribution >= 4 is 17.5 Å². The molecule has 1 aliphatic heterocycles. The molecular weight excluding hydrogens is 316 g/mol. The maximum Gasteiger partial charge on any atom is 0.292 e. The lowest BCUT2D eigenvalue weighted by atomic mass is 10.1. The summed E-state index contributed by atoms with van der Waals surface area (Å²) < 4.78 is 5.48. The first-order valence-electron chi connectivity index (χ1n) is 8.56. The molecule has 2 aromatic carbocycles. The van der Waals surface area contributed by atoms with Crippen molar-refractivity contribution < 1.29 is 19.2 Å². The summed E-state index contributed by atoms with van der Waals surface area (Å²) in [6, 6.07) is 16.8. The summed E-state index contributed by atoms with van der Waals surface area (Å²) in [7, 11) is 1.96. The van der Waals surface area contributed by atoms with Crippen LogP contribution in [0.4, 0.5) is 5.69 Å². The third kappa shape index (κ3) is 3.72. The Morgan fingerprint density at radius 2 is 1.88 bits per heavy atom. The minimum atomic E-state index is -0.358. The van der Waals surface area contributed by atoms with E-state index >= 15 is 0 Å². The Morgan fingerprint density at radius 1 is 1.12 bits per heavy atom. The fourth-order valence-electron chi connectivity index (χ4n) is 3.21. The van der Waals surface area contributed by atoms with Gasteiger partial charge in [0.2, 0.25) is 5.91 Å². The zero-order chi connectivity index (χ0) is 17.8. The van der Waals surface area contributed by atoms with Gasteiger partial charge in [0, 0.05) is 11.6 Å². The highest BCUT2D eigenvalue weighted by Gasteiger charge is 2.44. The van der Waals surface area contributed by atoms with E-state index in [9.17, 15) is 9.59 Å². The quantitative estimate of drug-likeness (QED) is 0.810. The number of amides is 2. The van der Waals surface area contributed by atoms with Crippen LogP contribution in [-0.2, 0) is 16.1 Å². The molecule has 0 spiro atoms. The molecule has 0 aliphatic carbocycles. The lowest BCUT2D eigenvalue weighted by Crippen LogP contribution is -3.12. The van der Waals surface area contributed by atoms with E-state index in [1.807, 2.05) is 50.4 Å². The van der Waals surface area contributed by atoms with Crippen LogP contribution in [0.25, 0.3) is 0 Å². The predicted molar refractivity (Wildman–Crippen MR) is 95.5 cm³/mol. The van der Waals surface area contributed by atoms with E-state index in [0.29, 0.717) is 24.6 Å². The molecule has 2 amide bonds. The Labute approximate surface area is 147 Å². The molecule has 1 N–H and O–H groups in total. The summed E-state index contributed by atoms with van der Waals surface area (Å²) in [5.74, 6) is 0.358. The molecule has 2 aromatic rings. The molecule has 0 aromatic heterocycles. The van der Waals surface area contributed by atoms with Crippen LogP contribution >= 0.6 is 0 Å². The number of carbonyl (C=O) groups excluding carboxylic acids is 2. The molecular formula is C20H23N2O3+. The van der Waals surface area contributed by atoms with Crippen LogP contribution in [0.1, 0.15) is 18.9 Å². The lowest BCUT2D eigenvalue weighted by Gasteiger charge is -2.20. The van der Waals surface area contributed by atoms with Gasteiger partial charge in [-0.05, 0) is 19.1 Å². The summed E-state index contributed by atoms with van der Waals surface area (Å²) in [5, 5.41) is 0. The highest BCUT2D eigenvalue weighted by Crippen LogP contribution is 2.26. The first-order valence-corrected chi connectivity index (χ1v) is 8.56. The Bertz CT molecular complexity index is 761. The van der Waals surface area contributed by atoms with Crippen molar-refractivity contribution in [3.8, 4) is 5.75 Å². The van der Waals surface area contributed by atoms with Crippen molar-refractivity contribution in [2.24, 2.45) is 0 Å². The van der Waals surface area contributed by atoms with Crippen LogP contribution in [0, 0.1) is 0 Å². The number of quaternary nitrogens is 1. The van der Waals surface area contributed by atoms with Gasteiger partial charge in [0.15, 0.2) is 6.04 Å². The number of imide groups is 1. The van der Waals surface area contributed by atoms with Crippen LogP contribution in [0.5, 0.6) is 5.75 Å². The van der Waals surface area contributed by atoms with Crippen LogP contribution in [0.2, 0.25) is 0 Å². The third-order valence-electron chi connectivity index (χ3n) is 4.45. The van der Waals surface area contributed by atoms with E-state index in [0.717, 1.165) is 10.5 Å². The number of anilines is 1. The summed E-state index contributed by atoms with van der Waals surface area (Å²) in [6.07, 6.45) is 0.233. The molecule has 1 fully saturated rings. The van der Waals surface area contributed by atoms with Gasteiger partial charge < -0.3 is 9.64 Å². The van der Waals surface area contributed by atoms with Crippen molar-refractivity contribution in [2.45, 2.75) is 25.9 Å². The molecule has 0 bridgehead atoms. The number of nitrogens with zero attached hydrogens (tertiary/aromatic N) is 1. The van der Waals surface area contributed by atoms with E-state index in [4.69, 9.17) is 4.74 Å². The number of carbonyl (C=O) groups is 2. The topological polar surface area (TPSA) is 51.0 Å². The van der Waals surface area contributed by atoms with Crippen molar-refractivity contribution in [1.29, 1.82) is 0 Å². The van der Waals surface area contributed by atoms with E-state index < -0.39 is 0 Å². The monoisotopic (exact) mass is 339 g/mol. The van der Waals surface area contributed by atoms with Gasteiger partial charge in [0.05, 0.1) is 25.8 Å². The lowest BCUT2D eigenvalue weighted by molar-refractivity contribution is -0.908. The smallest absolute Gasteiger partial charge is 0.292 e. The van der Waals surface area contributed by atoms with Crippen molar-refractivity contribution in [2.75, 3.05) is 18.6 Å². The van der Waals surface area contributed by atoms with Gasteiger partial charge in [-0.3, -0.25) is 9.59 Å². The molecule has 25 heavy (non-hydrogen) atoms. The average molecular weight is 339 g/mol. The molecule has 2 atom stereocenters. The third-order valence-corrected chi connectivity index (χ3v) is 4.45. The summed E-state index contributed by atoms with van der Waals surface area (Å²) in [6.45, 7) is 3.14. The minimum Gasteiger partial charge on any atom is -0.494 e. The van der Waals surface area contributed by atoms with Gasteiger partial charge in [-0.25, -0.2) is 4.90 Å². The fourth-order valence-corrected chi connectivity index (χ4v) is 3.21. The van der Waals surface area contributed by atoms with E-state index in [1.165, 1.54) is 4.90 Å². The van der Waals surface area contributed by atoms with Crippen LogP contribution < -0.4 is 14.5 Å². The van der Waals surface area contributed by atoms with Crippen LogP contribution in [-0.4, -0.2) is 31.5 Å². The van der Waals surface area contributed by atoms with Crippen molar-refractivity contribution in [3.05, 3.63) is 60.2 Å². The van der Waals surface area contributed by atoms with Gasteiger partial charge in [-0.2, -0.15) is 0 Å². The van der Waals surface area contributed by atoms with Gasteiger partial charge in [0.1, 0.15) is 12.3 Å². The molecule has 1 heterocycles. The molecule has 2 unspecified atom stereocenters. The second-order valence-electron chi connectivity index (χ2n) is 6.26. The van der Waals surface area contributed by atoms with Crippen molar-refractivity contribution in [3.63, 3.8) is 0 Å². The zero-order valence-electron chi connectivity index (χ0n) is 14.6. The van der Waals surface area contributed by atoms with Crippen LogP contribution in [0.15, 0.2) is 54.6 Å². The number of benzene rings is 2. The Kier molecular flexibility index (Phi) is 5.14. The molecule has 1 saturated heterocycles. The summed E-state index contributed by atoms with van der Waals surface area (Å²) in [4.78, 5) is 27.6. The second-order valence-corrected chi connectivity index (χ2v) is 6.26. The fraction of sp³-hybridized carbons (Fsp3) is 0.300. The summed E-state index contributed by atoms with van der Waals surface area (Å²) in [5.41, 5.74) is 1.73. The SMILES string of the molecule is CCOc1cccc(N2C(=O)CC([NH+](C)Cc3ccccc3)C2=O)c1. The Morgan fingerprint density at radius 3 is 2.60 bits per heavy atom. The minimum absolute atomic E-state index is 0.146. The molecule has 3 rings (SSSR count). The number of hydrogen-bond acceptors (Lipinski definition) is 3. The molecule has 5 nitrogen and oxygen atoms in total. The van der Waals surface area contributed by atoms with Crippen molar-refractivity contribution in [1.82, 2.24) is 0 Å². The van der Waals surface area contributed by atoms with E-state index in [-0.39, 0.29) is 24.3 Å². The van der Waals surface area contributed by atoms with E-state index in [1.54, 1.807) is 18.2 Å². The molecule has 130 valence electrons. The van der Waals surface area contributed by atoms with E-state index in [2.05, 4.69) is 0 Å². The zero-order valence-corrected chi connectivity index (χ0v) is 14.6. The number of ether oxygens (including phenoxy) is 1. The highest BCUT2D eigenvalue weighted by molar-refractivity contribution is 6.21. The number of likely N-dealkylation sites (N-methyl/N-ethyl adjacent to an activating group) is 1. The van der Waals surface area contributed by atoms with Gasteiger partial charge in [-0.1, -0.05) is 36.4 Å². The van der Waals surface area contributed by atoms with Gasteiger partial charge in [0.25, 0.3) is 5.91 Å². The maximum atomic E-state index is 12.9. The first kappa shape index (κ1) is 17.2. The molecule has 1 aliphatic rings.